The topological polar surface area (TPSA) is 14.8 Å². The van der Waals surface area contributed by atoms with Crippen molar-refractivity contribution in [3.05, 3.63) is 441 Å². The van der Waals surface area contributed by atoms with Crippen molar-refractivity contribution in [3.63, 3.8) is 0 Å². The van der Waals surface area contributed by atoms with Gasteiger partial charge in [-0.05, 0) is 285 Å². The first-order valence-corrected chi connectivity index (χ1v) is 40.8. The average Bonchev–Trinajstić information content (AvgIpc) is 1.60. The highest BCUT2D eigenvalue weighted by molar-refractivity contribution is 6.13. The number of fused-ring (bicyclic) bond motifs is 15. The fourth-order valence-corrected chi connectivity index (χ4v) is 19.4. The van der Waals surface area contributed by atoms with E-state index in [9.17, 15) is 0 Å². The minimum Gasteiger partial charge on any atom is -0.309 e. The third-order valence-electron chi connectivity index (χ3n) is 25.3. The quantitative estimate of drug-likeness (QED) is 0.123. The van der Waals surface area contributed by atoms with Crippen LogP contribution in [0.25, 0.3) is 194 Å². The summed E-state index contributed by atoms with van der Waals surface area (Å²) in [5.74, 6) is 0. The van der Waals surface area contributed by atoms with E-state index in [4.69, 9.17) is 0 Å². The number of para-hydroxylation sites is 6. The van der Waals surface area contributed by atoms with Crippen LogP contribution in [0.3, 0.4) is 0 Å². The van der Waals surface area contributed by atoms with Gasteiger partial charge in [0, 0.05) is 60.2 Å². The molecule has 23 rings (SSSR count). The number of hydrogen-bond acceptors (Lipinski definition) is 0. The lowest BCUT2D eigenvalue weighted by Crippen LogP contribution is -2.15. The summed E-state index contributed by atoms with van der Waals surface area (Å²) in [7, 11) is 0. The second-order valence-corrected chi connectivity index (χ2v) is 32.7. The van der Waals surface area contributed by atoms with Crippen molar-refractivity contribution in [2.75, 3.05) is 0 Å². The zero-order valence-electron chi connectivity index (χ0n) is 65.7. The van der Waals surface area contributed by atoms with Crippen LogP contribution in [0.15, 0.2) is 419 Å². The van der Waals surface area contributed by atoms with Crippen LogP contribution in [0.4, 0.5) is 0 Å². The Bertz CT molecular complexity index is 7100. The van der Waals surface area contributed by atoms with Crippen LogP contribution in [0.1, 0.15) is 49.9 Å². The summed E-state index contributed by atoms with van der Waals surface area (Å²) in [4.78, 5) is 0. The molecule has 117 heavy (non-hydrogen) atoms. The number of hydrogen-bond donors (Lipinski definition) is 0. The fraction of sp³-hybridized carbons (Fsp3) is 0.0526. The zero-order chi connectivity index (χ0) is 78.0. The summed E-state index contributed by atoms with van der Waals surface area (Å²) < 4.78 is 7.17. The van der Waals surface area contributed by atoms with E-state index in [-0.39, 0.29) is 10.8 Å². The molecule has 0 spiro atoms. The Balaban J connectivity index is 0.000000143. The van der Waals surface area contributed by atoms with Gasteiger partial charge in [0.05, 0.1) is 33.1 Å². The van der Waals surface area contributed by atoms with Crippen molar-refractivity contribution in [2.45, 2.75) is 38.5 Å². The maximum atomic E-state index is 2.45. The van der Waals surface area contributed by atoms with Crippen LogP contribution in [0.5, 0.6) is 0 Å². The van der Waals surface area contributed by atoms with Crippen LogP contribution in [-0.2, 0) is 10.8 Å². The lowest BCUT2D eigenvalue weighted by molar-refractivity contribution is 0.660. The van der Waals surface area contributed by atoms with E-state index in [0.29, 0.717) is 0 Å². The number of nitrogens with zero attached hydrogens (tertiary/aromatic N) is 3. The first-order valence-electron chi connectivity index (χ1n) is 40.8. The molecule has 0 fully saturated rings. The molecular formula is C114H81N3. The van der Waals surface area contributed by atoms with E-state index in [1.807, 2.05) is 0 Å². The van der Waals surface area contributed by atoms with Crippen molar-refractivity contribution in [3.8, 4) is 128 Å². The Morgan fingerprint density at radius 3 is 0.735 bits per heavy atom. The lowest BCUT2D eigenvalue weighted by atomic mass is 9.81. The molecule has 18 aromatic carbocycles. The van der Waals surface area contributed by atoms with E-state index >= 15 is 0 Å². The van der Waals surface area contributed by atoms with Crippen LogP contribution in [0.2, 0.25) is 0 Å². The van der Waals surface area contributed by atoms with Gasteiger partial charge in [0.25, 0.3) is 0 Å². The Kier molecular flexibility index (Phi) is 16.3. The normalized spacial score (nSPS) is 12.9. The second kappa shape index (κ2) is 27.6. The van der Waals surface area contributed by atoms with Gasteiger partial charge in [-0.2, -0.15) is 0 Å². The second-order valence-electron chi connectivity index (χ2n) is 32.7. The highest BCUT2D eigenvalue weighted by Gasteiger charge is 2.37. The molecule has 0 N–H and O–H groups in total. The molecule has 0 saturated heterocycles. The van der Waals surface area contributed by atoms with Crippen molar-refractivity contribution in [2.24, 2.45) is 0 Å². The van der Waals surface area contributed by atoms with Gasteiger partial charge in [-0.3, -0.25) is 0 Å². The monoisotopic (exact) mass is 1490 g/mol. The van der Waals surface area contributed by atoms with Gasteiger partial charge in [-0.15, -0.1) is 0 Å². The molecule has 3 nitrogen and oxygen atoms in total. The average molecular weight is 1490 g/mol. The molecule has 0 unspecified atom stereocenters. The van der Waals surface area contributed by atoms with Gasteiger partial charge in [0.2, 0.25) is 0 Å². The summed E-state index contributed by atoms with van der Waals surface area (Å²) in [5.41, 5.74) is 40.8. The molecule has 3 heteroatoms. The first-order chi connectivity index (χ1) is 57.5. The molecule has 0 radical (unpaired) electrons. The molecule has 3 aromatic heterocycles. The first kappa shape index (κ1) is 69.1. The lowest BCUT2D eigenvalue weighted by Gasteiger charge is -2.22. The summed E-state index contributed by atoms with van der Waals surface area (Å²) in [6, 6.07) is 155. The van der Waals surface area contributed by atoms with Crippen molar-refractivity contribution in [1.82, 2.24) is 13.7 Å². The molecule has 21 aromatic rings. The van der Waals surface area contributed by atoms with Crippen molar-refractivity contribution >= 4 is 65.4 Å². The molecular weight excluding hydrogens is 1410 g/mol. The SMILES string of the molecule is CC1(C)c2ccccc2-c2ccc(-c3cc(-c4ccc(-n5c6ccccc6c6ccccc65)cc4)cc(-c4ccc5c(c4)C(C)(C)c4ccccc4-5)c3)cc21.c1ccc(-c2cc(-c3ccccc3)cc(-c3cc(-c4ccc5c(c4)c4ccccc4n5-c4ccccc4)cc(-c4ccc5c(c4)c4ccccc4n5-c4ccccc4)c3)c2)cc1. The fourth-order valence-electron chi connectivity index (χ4n) is 19.4. The van der Waals surface area contributed by atoms with Crippen molar-refractivity contribution in [1.29, 1.82) is 0 Å². The third kappa shape index (κ3) is 11.6. The highest BCUT2D eigenvalue weighted by atomic mass is 15.0. The van der Waals surface area contributed by atoms with E-state index in [1.165, 1.54) is 205 Å². The van der Waals surface area contributed by atoms with E-state index in [1.54, 1.807) is 0 Å². The summed E-state index contributed by atoms with van der Waals surface area (Å²) >= 11 is 0. The predicted molar refractivity (Wildman–Crippen MR) is 495 cm³/mol. The van der Waals surface area contributed by atoms with Crippen molar-refractivity contribution < 1.29 is 0 Å². The molecule has 0 aliphatic heterocycles. The summed E-state index contributed by atoms with van der Waals surface area (Å²) in [6.07, 6.45) is 0. The number of benzene rings is 18. The molecule has 0 saturated carbocycles. The smallest absolute Gasteiger partial charge is 0.0541 e. The molecule has 0 atom stereocenters. The Labute approximate surface area is 682 Å². The van der Waals surface area contributed by atoms with Gasteiger partial charge in [-0.25, -0.2) is 0 Å². The minimum atomic E-state index is -0.0639. The molecule has 2 aliphatic rings. The molecule has 0 amide bonds. The molecule has 3 heterocycles. The largest absolute Gasteiger partial charge is 0.309 e. The van der Waals surface area contributed by atoms with Crippen LogP contribution >= 0.6 is 0 Å². The van der Waals surface area contributed by atoms with E-state index in [0.717, 1.165) is 11.4 Å². The maximum Gasteiger partial charge on any atom is 0.0541 e. The number of rotatable bonds is 11. The van der Waals surface area contributed by atoms with Gasteiger partial charge < -0.3 is 13.7 Å². The van der Waals surface area contributed by atoms with Crippen LogP contribution in [-0.4, -0.2) is 13.7 Å². The van der Waals surface area contributed by atoms with Gasteiger partial charge in [0.15, 0.2) is 0 Å². The zero-order valence-corrected chi connectivity index (χ0v) is 65.7. The number of aromatic nitrogens is 3. The third-order valence-corrected chi connectivity index (χ3v) is 25.3. The maximum absolute atomic E-state index is 2.45. The Morgan fingerprint density at radius 1 is 0.145 bits per heavy atom. The van der Waals surface area contributed by atoms with Gasteiger partial charge in [0.1, 0.15) is 0 Å². The standard InChI is InChI=1S/C60H40N2.C54H41N/c1-5-17-41(18-6-1)45-33-46(42-19-7-2-8-20-42)35-49(34-45)50-37-47(43-29-31-59-55(39-43)53-25-13-15-27-57(53)61(59)51-21-9-3-10-22-51)36-48(38-50)44-30-32-60-56(40-44)54-26-14-16-28-58(54)62(60)52-23-11-4-12-24-52;1-53(2)47-17-9-5-13-41(47)43-27-23-35(32-49(43)53)38-29-37(30-39(31-38)36-24-28-44-42-14-6-10-18-48(42)54(3,4)50(44)33-36)34-21-25-40(26-22-34)55-51-19-11-7-15-45(51)46-16-8-12-20-52(46)55/h1-40H;5-33H,1-4H3. The van der Waals surface area contributed by atoms with Gasteiger partial charge >= 0.3 is 0 Å². The Hall–Kier alpha value is -14.6. The molecule has 0 bridgehead atoms. The summed E-state index contributed by atoms with van der Waals surface area (Å²) in [6.45, 7) is 9.47. The van der Waals surface area contributed by atoms with E-state index < -0.39 is 0 Å². The van der Waals surface area contributed by atoms with Crippen LogP contribution in [0, 0.1) is 0 Å². The highest BCUT2D eigenvalue weighted by Crippen LogP contribution is 2.53. The van der Waals surface area contributed by atoms with E-state index in [2.05, 4.69) is 460 Å². The van der Waals surface area contributed by atoms with Crippen LogP contribution < -0.4 is 0 Å². The van der Waals surface area contributed by atoms with Gasteiger partial charge in [-0.1, -0.05) is 295 Å². The minimum absolute atomic E-state index is 0.0639. The molecule has 2 aliphatic carbocycles. The summed E-state index contributed by atoms with van der Waals surface area (Å²) in [5, 5.41) is 7.52. The molecule has 552 valence electrons. The Morgan fingerprint density at radius 2 is 0.376 bits per heavy atom. The predicted octanol–water partition coefficient (Wildman–Crippen LogP) is 30.6.